The van der Waals surface area contributed by atoms with Gasteiger partial charge in [-0.05, 0) is 19.4 Å². The van der Waals surface area contributed by atoms with E-state index in [-0.39, 0.29) is 6.54 Å². The highest BCUT2D eigenvalue weighted by molar-refractivity contribution is 5.88. The van der Waals surface area contributed by atoms with Gasteiger partial charge in [0, 0.05) is 19.7 Å². The molecule has 128 valence electrons. The van der Waals surface area contributed by atoms with Crippen molar-refractivity contribution in [1.29, 1.82) is 0 Å². The van der Waals surface area contributed by atoms with Crippen molar-refractivity contribution < 1.29 is 14.6 Å². The molecule has 0 bridgehead atoms. The van der Waals surface area contributed by atoms with Crippen molar-refractivity contribution in [2.24, 2.45) is 0 Å². The first-order chi connectivity index (χ1) is 11.5. The Morgan fingerprint density at radius 1 is 1.21 bits per heavy atom. The first kappa shape index (κ1) is 17.8. The van der Waals surface area contributed by atoms with Crippen LogP contribution in [0.5, 0.6) is 0 Å². The number of ether oxygens (including phenoxy) is 1. The van der Waals surface area contributed by atoms with Crippen LogP contribution in [0.2, 0.25) is 0 Å². The minimum absolute atomic E-state index is 0.102. The number of urea groups is 1. The SMILES string of the molecule is COCc1cc(NC(=O)NC[C@H](O)c2cc(C)cc(C)c2)ncn1. The van der Waals surface area contributed by atoms with E-state index in [1.165, 1.54) is 6.33 Å². The Bertz CT molecular complexity index is 686. The molecule has 0 aliphatic heterocycles. The van der Waals surface area contributed by atoms with Gasteiger partial charge in [0.2, 0.25) is 0 Å². The zero-order chi connectivity index (χ0) is 17.5. The van der Waals surface area contributed by atoms with Crippen LogP contribution in [-0.2, 0) is 11.3 Å². The highest BCUT2D eigenvalue weighted by atomic mass is 16.5. The fourth-order valence-electron chi connectivity index (χ4n) is 2.36. The van der Waals surface area contributed by atoms with Crippen LogP contribution >= 0.6 is 0 Å². The molecule has 2 rings (SSSR count). The molecule has 1 aromatic heterocycles. The summed E-state index contributed by atoms with van der Waals surface area (Å²) in [5, 5.41) is 15.4. The minimum atomic E-state index is -0.774. The lowest BCUT2D eigenvalue weighted by molar-refractivity contribution is 0.175. The van der Waals surface area contributed by atoms with Gasteiger partial charge >= 0.3 is 6.03 Å². The molecule has 1 aromatic carbocycles. The molecule has 0 aliphatic carbocycles. The van der Waals surface area contributed by atoms with Crippen LogP contribution in [0.4, 0.5) is 10.6 Å². The number of aromatic nitrogens is 2. The van der Waals surface area contributed by atoms with Gasteiger partial charge in [0.25, 0.3) is 0 Å². The number of amides is 2. The summed E-state index contributed by atoms with van der Waals surface area (Å²) in [6, 6.07) is 7.02. The van der Waals surface area contributed by atoms with Crippen LogP contribution < -0.4 is 10.6 Å². The summed E-state index contributed by atoms with van der Waals surface area (Å²) in [6.07, 6.45) is 0.581. The quantitative estimate of drug-likeness (QED) is 0.754. The maximum atomic E-state index is 11.9. The second-order valence-electron chi connectivity index (χ2n) is 5.60. The molecule has 0 spiro atoms. The molecule has 24 heavy (non-hydrogen) atoms. The number of aliphatic hydroxyl groups is 1. The zero-order valence-electron chi connectivity index (χ0n) is 14.0. The molecule has 0 fully saturated rings. The number of anilines is 1. The molecule has 1 atom stereocenters. The number of carbonyl (C=O) groups is 1. The second kappa shape index (κ2) is 8.37. The first-order valence-electron chi connectivity index (χ1n) is 7.59. The van der Waals surface area contributed by atoms with Crippen molar-refractivity contribution in [2.75, 3.05) is 19.0 Å². The van der Waals surface area contributed by atoms with Crippen molar-refractivity contribution in [3.8, 4) is 0 Å². The third-order valence-electron chi connectivity index (χ3n) is 3.34. The number of hydrogen-bond donors (Lipinski definition) is 3. The summed E-state index contributed by atoms with van der Waals surface area (Å²) in [6.45, 7) is 4.38. The van der Waals surface area contributed by atoms with Gasteiger partial charge in [0.1, 0.15) is 12.1 Å². The van der Waals surface area contributed by atoms with Crippen molar-refractivity contribution in [1.82, 2.24) is 15.3 Å². The van der Waals surface area contributed by atoms with Crippen molar-refractivity contribution >= 4 is 11.8 Å². The summed E-state index contributed by atoms with van der Waals surface area (Å²) >= 11 is 0. The van der Waals surface area contributed by atoms with Gasteiger partial charge in [-0.25, -0.2) is 14.8 Å². The van der Waals surface area contributed by atoms with Crippen molar-refractivity contribution in [3.05, 3.63) is 53.0 Å². The Balaban J connectivity index is 1.89. The van der Waals surface area contributed by atoms with E-state index in [1.54, 1.807) is 13.2 Å². The maximum absolute atomic E-state index is 11.9. The fourth-order valence-corrected chi connectivity index (χ4v) is 2.36. The summed E-state index contributed by atoms with van der Waals surface area (Å²) in [4.78, 5) is 19.9. The standard InChI is InChI=1S/C17H22N4O3/c1-11-4-12(2)6-13(5-11)15(22)8-18-17(23)21-16-7-14(9-24-3)19-10-20-16/h4-7,10,15,22H,8-9H2,1-3H3,(H2,18,19,20,21,23)/t15-/m0/s1. The van der Waals surface area contributed by atoms with Gasteiger partial charge in [-0.2, -0.15) is 0 Å². The highest BCUT2D eigenvalue weighted by Crippen LogP contribution is 2.16. The Labute approximate surface area is 141 Å². The normalized spacial score (nSPS) is 11.8. The van der Waals surface area contributed by atoms with E-state index >= 15 is 0 Å². The Morgan fingerprint density at radius 2 is 1.92 bits per heavy atom. The predicted octanol–water partition coefficient (Wildman–Crippen LogP) is 2.09. The largest absolute Gasteiger partial charge is 0.387 e. The van der Waals surface area contributed by atoms with Gasteiger partial charge in [0.15, 0.2) is 0 Å². The lowest BCUT2D eigenvalue weighted by Gasteiger charge is -2.14. The van der Waals surface area contributed by atoms with E-state index in [1.807, 2.05) is 32.0 Å². The lowest BCUT2D eigenvalue weighted by Crippen LogP contribution is -2.32. The third kappa shape index (κ3) is 5.29. The van der Waals surface area contributed by atoms with Crippen LogP contribution in [-0.4, -0.2) is 34.8 Å². The monoisotopic (exact) mass is 330 g/mol. The average Bonchev–Trinajstić information content (AvgIpc) is 2.52. The summed E-state index contributed by atoms with van der Waals surface area (Å²) in [5.41, 5.74) is 3.58. The third-order valence-corrected chi connectivity index (χ3v) is 3.34. The second-order valence-corrected chi connectivity index (χ2v) is 5.60. The minimum Gasteiger partial charge on any atom is -0.387 e. The van der Waals surface area contributed by atoms with Crippen LogP contribution in [0.1, 0.15) is 28.5 Å². The summed E-state index contributed by atoms with van der Waals surface area (Å²) < 4.78 is 4.98. The van der Waals surface area contributed by atoms with Gasteiger partial charge in [-0.15, -0.1) is 0 Å². The molecule has 0 unspecified atom stereocenters. The Hall–Kier alpha value is -2.51. The first-order valence-corrected chi connectivity index (χ1v) is 7.59. The molecule has 7 nitrogen and oxygen atoms in total. The smallest absolute Gasteiger partial charge is 0.320 e. The van der Waals surface area contributed by atoms with Gasteiger partial charge in [0.05, 0.1) is 18.4 Å². The molecule has 0 radical (unpaired) electrons. The molecule has 0 saturated heterocycles. The average molecular weight is 330 g/mol. The number of nitrogens with zero attached hydrogens (tertiary/aromatic N) is 2. The number of methoxy groups -OCH3 is 1. The van der Waals surface area contributed by atoms with E-state index < -0.39 is 12.1 Å². The van der Waals surface area contributed by atoms with Crippen LogP contribution in [0.3, 0.4) is 0 Å². The van der Waals surface area contributed by atoms with Crippen molar-refractivity contribution in [3.63, 3.8) is 0 Å². The van der Waals surface area contributed by atoms with Crippen LogP contribution in [0, 0.1) is 13.8 Å². The molecular formula is C17H22N4O3. The van der Waals surface area contributed by atoms with Crippen molar-refractivity contribution in [2.45, 2.75) is 26.6 Å². The number of rotatable bonds is 6. The Morgan fingerprint density at radius 3 is 2.58 bits per heavy atom. The summed E-state index contributed by atoms with van der Waals surface area (Å²) in [7, 11) is 1.57. The topological polar surface area (TPSA) is 96.4 Å². The lowest BCUT2D eigenvalue weighted by atomic mass is 10.0. The maximum Gasteiger partial charge on any atom is 0.320 e. The molecule has 0 aliphatic rings. The Kier molecular flexibility index (Phi) is 6.22. The number of aliphatic hydroxyl groups excluding tert-OH is 1. The fraction of sp³-hybridized carbons (Fsp3) is 0.353. The number of benzene rings is 1. The molecular weight excluding hydrogens is 308 g/mol. The molecule has 3 N–H and O–H groups in total. The van der Waals surface area contributed by atoms with E-state index in [0.717, 1.165) is 16.7 Å². The zero-order valence-corrected chi connectivity index (χ0v) is 14.0. The predicted molar refractivity (Wildman–Crippen MR) is 90.6 cm³/mol. The molecule has 7 heteroatoms. The number of nitrogens with one attached hydrogen (secondary N) is 2. The number of aryl methyl sites for hydroxylation is 2. The van der Waals surface area contributed by atoms with Gasteiger partial charge < -0.3 is 15.2 Å². The highest BCUT2D eigenvalue weighted by Gasteiger charge is 2.11. The van der Waals surface area contributed by atoms with E-state index in [9.17, 15) is 9.90 Å². The van der Waals surface area contributed by atoms with E-state index in [2.05, 4.69) is 20.6 Å². The molecule has 0 saturated carbocycles. The van der Waals surface area contributed by atoms with E-state index in [4.69, 9.17) is 4.74 Å². The molecule has 1 heterocycles. The van der Waals surface area contributed by atoms with E-state index in [0.29, 0.717) is 18.1 Å². The molecule has 2 amide bonds. The number of carbonyl (C=O) groups excluding carboxylic acids is 1. The van der Waals surface area contributed by atoms with Crippen LogP contribution in [0.15, 0.2) is 30.6 Å². The van der Waals surface area contributed by atoms with Gasteiger partial charge in [-0.3, -0.25) is 5.32 Å². The number of hydrogen-bond acceptors (Lipinski definition) is 5. The molecule has 2 aromatic rings. The summed E-state index contributed by atoms with van der Waals surface area (Å²) in [5.74, 6) is 0.371. The van der Waals surface area contributed by atoms with Crippen LogP contribution in [0.25, 0.3) is 0 Å². The van der Waals surface area contributed by atoms with Gasteiger partial charge in [-0.1, -0.05) is 29.3 Å².